The van der Waals surface area contributed by atoms with Crippen molar-refractivity contribution < 1.29 is 9.31 Å². The molecule has 0 fully saturated rings. The number of aromatic nitrogens is 2. The minimum absolute atomic E-state index is 0.0447. The van der Waals surface area contributed by atoms with E-state index in [1.807, 2.05) is 0 Å². The van der Waals surface area contributed by atoms with Crippen LogP contribution in [0.2, 0.25) is 0 Å². The summed E-state index contributed by atoms with van der Waals surface area (Å²) in [5.41, 5.74) is 6.03. The monoisotopic (exact) mass is 250 g/mol. The second kappa shape index (κ2) is 4.44. The van der Waals surface area contributed by atoms with Gasteiger partial charge in [-0.15, -0.1) is 0 Å². The number of anilines is 1. The predicted octanol–water partition coefficient (Wildman–Crippen LogP) is 2.12. The molecule has 1 heterocycles. The van der Waals surface area contributed by atoms with Gasteiger partial charge in [-0.05, 0) is 24.6 Å². The zero-order chi connectivity index (χ0) is 13.3. The molecule has 18 heavy (non-hydrogen) atoms. The van der Waals surface area contributed by atoms with Gasteiger partial charge in [-0.25, -0.2) is 9.07 Å². The van der Waals surface area contributed by atoms with Crippen molar-refractivity contribution in [1.82, 2.24) is 9.78 Å². The van der Waals surface area contributed by atoms with Crippen LogP contribution in [0, 0.1) is 15.9 Å². The molecule has 0 spiro atoms. The first-order chi connectivity index (χ1) is 8.50. The molecule has 1 unspecified atom stereocenters. The second-order valence-electron chi connectivity index (χ2n) is 3.85. The van der Waals surface area contributed by atoms with Crippen LogP contribution in [-0.2, 0) is 0 Å². The average Bonchev–Trinajstić information content (AvgIpc) is 2.70. The van der Waals surface area contributed by atoms with E-state index in [0.29, 0.717) is 5.56 Å². The second-order valence-corrected chi connectivity index (χ2v) is 3.85. The Hall–Kier alpha value is -2.44. The number of hydrogen-bond donors (Lipinski definition) is 1. The lowest BCUT2D eigenvalue weighted by atomic mass is 10.1. The molecule has 6 nitrogen and oxygen atoms in total. The molecule has 1 aromatic heterocycles. The zero-order valence-electron chi connectivity index (χ0n) is 9.58. The Bertz CT molecular complexity index is 596. The van der Waals surface area contributed by atoms with Gasteiger partial charge in [-0.2, -0.15) is 5.10 Å². The Labute approximate surface area is 102 Å². The fourth-order valence-electron chi connectivity index (χ4n) is 1.72. The van der Waals surface area contributed by atoms with E-state index in [4.69, 9.17) is 5.73 Å². The van der Waals surface area contributed by atoms with E-state index in [1.54, 1.807) is 19.1 Å². The molecule has 0 bridgehead atoms. The van der Waals surface area contributed by atoms with E-state index in [9.17, 15) is 14.5 Å². The van der Waals surface area contributed by atoms with Gasteiger partial charge in [-0.3, -0.25) is 10.1 Å². The van der Waals surface area contributed by atoms with Crippen molar-refractivity contribution in [3.63, 3.8) is 0 Å². The van der Waals surface area contributed by atoms with Crippen molar-refractivity contribution in [2.75, 3.05) is 5.73 Å². The van der Waals surface area contributed by atoms with Crippen LogP contribution in [-0.4, -0.2) is 14.7 Å². The van der Waals surface area contributed by atoms with Gasteiger partial charge in [0.25, 0.3) is 0 Å². The molecule has 2 aromatic rings. The summed E-state index contributed by atoms with van der Waals surface area (Å²) in [6, 6.07) is 5.56. The van der Waals surface area contributed by atoms with Crippen LogP contribution in [0.15, 0.2) is 30.5 Å². The number of halogens is 1. The Kier molecular flexibility index (Phi) is 2.97. The summed E-state index contributed by atoms with van der Waals surface area (Å²) in [7, 11) is 0. The molecule has 0 amide bonds. The average molecular weight is 250 g/mol. The SMILES string of the molecule is CC(c1cccc(F)c1)n1ncc([N+](=O)[O-])c1N. The largest absolute Gasteiger partial charge is 0.378 e. The maximum atomic E-state index is 13.1. The van der Waals surface area contributed by atoms with Crippen molar-refractivity contribution in [1.29, 1.82) is 0 Å². The van der Waals surface area contributed by atoms with Crippen LogP contribution in [0.5, 0.6) is 0 Å². The zero-order valence-corrected chi connectivity index (χ0v) is 9.58. The summed E-state index contributed by atoms with van der Waals surface area (Å²) in [6.45, 7) is 1.74. The highest BCUT2D eigenvalue weighted by Crippen LogP contribution is 2.26. The van der Waals surface area contributed by atoms with Crippen molar-refractivity contribution in [3.8, 4) is 0 Å². The lowest BCUT2D eigenvalue weighted by molar-refractivity contribution is -0.384. The van der Waals surface area contributed by atoms with Crippen LogP contribution < -0.4 is 5.73 Å². The number of rotatable bonds is 3. The number of nitrogens with zero attached hydrogens (tertiary/aromatic N) is 3. The molecular formula is C11H11FN4O2. The summed E-state index contributed by atoms with van der Waals surface area (Å²) in [6.07, 6.45) is 1.09. The normalized spacial score (nSPS) is 12.3. The minimum Gasteiger partial charge on any atom is -0.378 e. The van der Waals surface area contributed by atoms with E-state index in [2.05, 4.69) is 5.10 Å². The van der Waals surface area contributed by atoms with Gasteiger partial charge in [0.15, 0.2) is 0 Å². The van der Waals surface area contributed by atoms with Gasteiger partial charge in [-0.1, -0.05) is 12.1 Å². The molecule has 0 saturated heterocycles. The molecule has 0 radical (unpaired) electrons. The van der Waals surface area contributed by atoms with Crippen LogP contribution in [0.1, 0.15) is 18.5 Å². The molecule has 0 aliphatic carbocycles. The quantitative estimate of drug-likeness (QED) is 0.667. The van der Waals surface area contributed by atoms with Crippen molar-refractivity contribution in [2.45, 2.75) is 13.0 Å². The number of nitrogen functional groups attached to an aromatic ring is 1. The summed E-state index contributed by atoms with van der Waals surface area (Å²) in [5, 5.41) is 14.5. The molecular weight excluding hydrogens is 239 g/mol. The first-order valence-corrected chi connectivity index (χ1v) is 5.23. The molecule has 1 aromatic carbocycles. The van der Waals surface area contributed by atoms with Gasteiger partial charge >= 0.3 is 5.69 Å². The Morgan fingerprint density at radius 1 is 1.56 bits per heavy atom. The smallest absolute Gasteiger partial charge is 0.330 e. The molecule has 1 atom stereocenters. The third-order valence-electron chi connectivity index (χ3n) is 2.71. The Morgan fingerprint density at radius 3 is 2.83 bits per heavy atom. The van der Waals surface area contributed by atoms with Crippen molar-refractivity contribution in [2.24, 2.45) is 0 Å². The lowest BCUT2D eigenvalue weighted by Gasteiger charge is -2.13. The van der Waals surface area contributed by atoms with Crippen LogP contribution >= 0.6 is 0 Å². The summed E-state index contributed by atoms with van der Waals surface area (Å²) < 4.78 is 14.4. The van der Waals surface area contributed by atoms with Crippen LogP contribution in [0.25, 0.3) is 0 Å². The molecule has 2 rings (SSSR count). The van der Waals surface area contributed by atoms with Gasteiger partial charge in [0, 0.05) is 0 Å². The molecule has 0 saturated carbocycles. The van der Waals surface area contributed by atoms with E-state index in [1.165, 1.54) is 16.8 Å². The molecule has 0 aliphatic rings. The number of benzene rings is 1. The highest BCUT2D eigenvalue weighted by Gasteiger charge is 2.21. The maximum Gasteiger partial charge on any atom is 0.330 e. The molecule has 94 valence electrons. The summed E-state index contributed by atoms with van der Waals surface area (Å²) in [5.74, 6) is -0.420. The predicted molar refractivity (Wildman–Crippen MR) is 63.5 cm³/mol. The maximum absolute atomic E-state index is 13.1. The fraction of sp³-hybridized carbons (Fsp3) is 0.182. The van der Waals surface area contributed by atoms with Gasteiger partial charge in [0.2, 0.25) is 5.82 Å². The van der Waals surface area contributed by atoms with Crippen molar-refractivity contribution in [3.05, 3.63) is 52.0 Å². The highest BCUT2D eigenvalue weighted by molar-refractivity contribution is 5.52. The van der Waals surface area contributed by atoms with Gasteiger partial charge in [0.1, 0.15) is 12.0 Å². The molecule has 7 heteroatoms. The minimum atomic E-state index is -0.600. The van der Waals surface area contributed by atoms with Crippen LogP contribution in [0.4, 0.5) is 15.9 Å². The first-order valence-electron chi connectivity index (χ1n) is 5.23. The summed E-state index contributed by atoms with van der Waals surface area (Å²) >= 11 is 0. The van der Waals surface area contributed by atoms with Gasteiger partial charge < -0.3 is 5.73 Å². The third kappa shape index (κ3) is 2.02. The Balaban J connectivity index is 2.40. The van der Waals surface area contributed by atoms with Gasteiger partial charge in [0.05, 0.1) is 11.0 Å². The van der Waals surface area contributed by atoms with Crippen molar-refractivity contribution >= 4 is 11.5 Å². The highest BCUT2D eigenvalue weighted by atomic mass is 19.1. The standard InChI is InChI=1S/C11H11FN4O2/c1-7(8-3-2-4-9(12)5-8)15-11(13)10(6-14-15)16(17)18/h2-7H,13H2,1H3. The van der Waals surface area contributed by atoms with E-state index in [-0.39, 0.29) is 23.4 Å². The first kappa shape index (κ1) is 12.0. The fourth-order valence-corrected chi connectivity index (χ4v) is 1.72. The van der Waals surface area contributed by atoms with Crippen LogP contribution in [0.3, 0.4) is 0 Å². The van der Waals surface area contributed by atoms with E-state index >= 15 is 0 Å². The number of nitrogens with two attached hydrogens (primary N) is 1. The summed E-state index contributed by atoms with van der Waals surface area (Å²) in [4.78, 5) is 10.1. The number of hydrogen-bond acceptors (Lipinski definition) is 4. The number of nitro groups is 1. The molecule has 0 aliphatic heterocycles. The topological polar surface area (TPSA) is 87.0 Å². The lowest BCUT2D eigenvalue weighted by Crippen LogP contribution is -2.12. The van der Waals surface area contributed by atoms with E-state index in [0.717, 1.165) is 6.20 Å². The molecule has 2 N–H and O–H groups in total. The van der Waals surface area contributed by atoms with E-state index < -0.39 is 4.92 Å². The Morgan fingerprint density at radius 2 is 2.28 bits per heavy atom. The third-order valence-corrected chi connectivity index (χ3v) is 2.71.